The smallest absolute Gasteiger partial charge is 0.222 e. The summed E-state index contributed by atoms with van der Waals surface area (Å²) in [5.41, 5.74) is 0.937. The molecule has 1 aromatic heterocycles. The standard InChI is InChI=1S/C18H26N4O2S/c1-12(18(2,3)4)19-15(23)10-11-22-16(20-21-17(22)25)13-6-8-14(24-5)9-7-13/h6-9,12H,10-11H2,1-5H3,(H,19,23)(H,21,25)/t12-/m1/s1. The Morgan fingerprint density at radius 2 is 2.00 bits per heavy atom. The first-order chi connectivity index (χ1) is 11.7. The number of nitrogens with one attached hydrogen (secondary N) is 2. The summed E-state index contributed by atoms with van der Waals surface area (Å²) in [4.78, 5) is 12.2. The van der Waals surface area contributed by atoms with Crippen molar-refractivity contribution in [3.05, 3.63) is 29.0 Å². The molecule has 0 saturated carbocycles. The Hall–Kier alpha value is -2.15. The highest BCUT2D eigenvalue weighted by atomic mass is 32.1. The fourth-order valence-corrected chi connectivity index (χ4v) is 2.45. The first-order valence-electron chi connectivity index (χ1n) is 8.31. The van der Waals surface area contributed by atoms with Crippen LogP contribution in [0, 0.1) is 10.2 Å². The number of nitrogens with zero attached hydrogens (tertiary/aromatic N) is 2. The van der Waals surface area contributed by atoms with Gasteiger partial charge >= 0.3 is 0 Å². The second kappa shape index (κ2) is 7.82. The molecule has 1 atom stereocenters. The van der Waals surface area contributed by atoms with E-state index in [1.54, 1.807) is 7.11 Å². The normalized spacial score (nSPS) is 12.7. The van der Waals surface area contributed by atoms with Gasteiger partial charge in [0.1, 0.15) is 5.75 Å². The molecule has 2 aromatic rings. The number of carbonyl (C=O) groups is 1. The van der Waals surface area contributed by atoms with E-state index in [1.165, 1.54) is 0 Å². The molecular weight excluding hydrogens is 336 g/mol. The van der Waals surface area contributed by atoms with E-state index in [9.17, 15) is 4.79 Å². The highest BCUT2D eigenvalue weighted by Gasteiger charge is 2.21. The monoisotopic (exact) mass is 362 g/mol. The predicted octanol–water partition coefficient (Wildman–Crippen LogP) is 3.56. The van der Waals surface area contributed by atoms with Crippen molar-refractivity contribution in [2.45, 2.75) is 46.7 Å². The third kappa shape index (κ3) is 4.92. The fourth-order valence-electron chi connectivity index (χ4n) is 2.23. The van der Waals surface area contributed by atoms with E-state index in [2.05, 4.69) is 36.3 Å². The molecule has 1 aromatic carbocycles. The van der Waals surface area contributed by atoms with Crippen LogP contribution in [0.25, 0.3) is 11.4 Å². The van der Waals surface area contributed by atoms with Gasteiger partial charge in [0.25, 0.3) is 0 Å². The van der Waals surface area contributed by atoms with E-state index in [-0.39, 0.29) is 17.4 Å². The van der Waals surface area contributed by atoms with Gasteiger partial charge in [0.15, 0.2) is 10.6 Å². The van der Waals surface area contributed by atoms with E-state index in [0.717, 1.165) is 11.3 Å². The molecule has 1 amide bonds. The first-order valence-corrected chi connectivity index (χ1v) is 8.72. The summed E-state index contributed by atoms with van der Waals surface area (Å²) >= 11 is 5.31. The fraction of sp³-hybridized carbons (Fsp3) is 0.500. The molecule has 0 fully saturated rings. The lowest BCUT2D eigenvalue weighted by molar-refractivity contribution is -0.122. The molecule has 2 rings (SSSR count). The molecule has 0 unspecified atom stereocenters. The van der Waals surface area contributed by atoms with Crippen molar-refractivity contribution in [1.29, 1.82) is 0 Å². The van der Waals surface area contributed by atoms with Crippen molar-refractivity contribution in [1.82, 2.24) is 20.1 Å². The van der Waals surface area contributed by atoms with Crippen molar-refractivity contribution in [2.75, 3.05) is 7.11 Å². The van der Waals surface area contributed by atoms with Crippen LogP contribution in [0.4, 0.5) is 0 Å². The summed E-state index contributed by atoms with van der Waals surface area (Å²) in [6.45, 7) is 8.80. The molecule has 7 heteroatoms. The summed E-state index contributed by atoms with van der Waals surface area (Å²) in [5.74, 6) is 1.50. The van der Waals surface area contributed by atoms with Crippen molar-refractivity contribution >= 4 is 18.1 Å². The van der Waals surface area contributed by atoms with E-state index in [4.69, 9.17) is 17.0 Å². The Kier molecular flexibility index (Phi) is 6.00. The van der Waals surface area contributed by atoms with E-state index in [1.807, 2.05) is 35.8 Å². The topological polar surface area (TPSA) is 71.9 Å². The average Bonchev–Trinajstić information content (AvgIpc) is 2.93. The maximum atomic E-state index is 12.2. The van der Waals surface area contributed by atoms with Gasteiger partial charge in [-0.2, -0.15) is 5.10 Å². The Bertz CT molecular complexity index is 772. The highest BCUT2D eigenvalue weighted by Crippen LogP contribution is 2.21. The van der Waals surface area contributed by atoms with Crippen LogP contribution < -0.4 is 10.1 Å². The van der Waals surface area contributed by atoms with Gasteiger partial charge in [0.05, 0.1) is 7.11 Å². The Balaban J connectivity index is 2.09. The molecule has 0 saturated heterocycles. The highest BCUT2D eigenvalue weighted by molar-refractivity contribution is 7.71. The van der Waals surface area contributed by atoms with Crippen molar-refractivity contribution < 1.29 is 9.53 Å². The first kappa shape index (κ1) is 19.2. The zero-order chi connectivity index (χ0) is 18.6. The van der Waals surface area contributed by atoms with Crippen molar-refractivity contribution in [3.63, 3.8) is 0 Å². The average molecular weight is 362 g/mol. The molecule has 0 bridgehead atoms. The minimum atomic E-state index is 0.00575. The second-order valence-electron chi connectivity index (χ2n) is 7.14. The van der Waals surface area contributed by atoms with Crippen LogP contribution in [0.3, 0.4) is 0 Å². The van der Waals surface area contributed by atoms with Gasteiger partial charge in [0.2, 0.25) is 5.91 Å². The van der Waals surface area contributed by atoms with Crippen LogP contribution >= 0.6 is 12.2 Å². The summed E-state index contributed by atoms with van der Waals surface area (Å²) in [5, 5.41) is 10.1. The van der Waals surface area contributed by atoms with Gasteiger partial charge in [-0.05, 0) is 48.8 Å². The summed E-state index contributed by atoms with van der Waals surface area (Å²) in [7, 11) is 1.63. The van der Waals surface area contributed by atoms with Crippen LogP contribution in [0.1, 0.15) is 34.1 Å². The Labute approximate surface area is 153 Å². The quantitative estimate of drug-likeness (QED) is 0.771. The molecule has 0 radical (unpaired) electrons. The van der Waals surface area contributed by atoms with Crippen molar-refractivity contribution in [3.8, 4) is 17.1 Å². The van der Waals surface area contributed by atoms with Gasteiger partial charge in [-0.25, -0.2) is 0 Å². The van der Waals surface area contributed by atoms with Crippen LogP contribution in [-0.4, -0.2) is 33.8 Å². The molecule has 0 spiro atoms. The molecule has 0 aliphatic carbocycles. The van der Waals surface area contributed by atoms with Crippen LogP contribution in [0.2, 0.25) is 0 Å². The van der Waals surface area contributed by atoms with E-state index in [0.29, 0.717) is 23.6 Å². The molecule has 2 N–H and O–H groups in total. The van der Waals surface area contributed by atoms with Crippen molar-refractivity contribution in [2.24, 2.45) is 5.41 Å². The molecule has 136 valence electrons. The number of benzene rings is 1. The van der Waals surface area contributed by atoms with E-state index >= 15 is 0 Å². The number of aromatic nitrogens is 3. The van der Waals surface area contributed by atoms with Crippen LogP contribution in [-0.2, 0) is 11.3 Å². The Morgan fingerprint density at radius 1 is 1.36 bits per heavy atom. The lowest BCUT2D eigenvalue weighted by Crippen LogP contribution is -2.41. The molecule has 0 aliphatic heterocycles. The largest absolute Gasteiger partial charge is 0.497 e. The molecule has 0 aliphatic rings. The van der Waals surface area contributed by atoms with Gasteiger partial charge < -0.3 is 10.1 Å². The molecule has 6 nitrogen and oxygen atoms in total. The number of ether oxygens (including phenoxy) is 1. The Morgan fingerprint density at radius 3 is 2.56 bits per heavy atom. The lowest BCUT2D eigenvalue weighted by atomic mass is 9.88. The summed E-state index contributed by atoms with van der Waals surface area (Å²) in [6, 6.07) is 7.67. The molecular formula is C18H26N4O2S. The van der Waals surface area contributed by atoms with Gasteiger partial charge in [-0.15, -0.1) is 0 Å². The number of H-pyrrole nitrogens is 1. The van der Waals surface area contributed by atoms with Crippen LogP contribution in [0.15, 0.2) is 24.3 Å². The summed E-state index contributed by atoms with van der Waals surface area (Å²) in [6.07, 6.45) is 0.345. The van der Waals surface area contributed by atoms with E-state index < -0.39 is 0 Å². The zero-order valence-corrected chi connectivity index (χ0v) is 16.2. The zero-order valence-electron chi connectivity index (χ0n) is 15.4. The number of carbonyl (C=O) groups excluding carboxylic acids is 1. The number of methoxy groups -OCH3 is 1. The maximum absolute atomic E-state index is 12.2. The minimum absolute atomic E-state index is 0.00575. The maximum Gasteiger partial charge on any atom is 0.222 e. The SMILES string of the molecule is COc1ccc(-c2n[nH]c(=S)n2CCC(=O)N[C@H](C)C(C)(C)C)cc1. The molecule has 25 heavy (non-hydrogen) atoms. The summed E-state index contributed by atoms with van der Waals surface area (Å²) < 4.78 is 7.52. The van der Waals surface area contributed by atoms with Gasteiger partial charge in [-0.1, -0.05) is 20.8 Å². The van der Waals surface area contributed by atoms with Gasteiger partial charge in [0, 0.05) is 24.6 Å². The number of hydrogen-bond acceptors (Lipinski definition) is 4. The number of rotatable bonds is 6. The third-order valence-corrected chi connectivity index (χ3v) is 4.66. The third-order valence-electron chi connectivity index (χ3n) is 4.35. The molecule has 1 heterocycles. The predicted molar refractivity (Wildman–Crippen MR) is 101 cm³/mol. The second-order valence-corrected chi connectivity index (χ2v) is 7.52. The van der Waals surface area contributed by atoms with Gasteiger partial charge in [-0.3, -0.25) is 14.5 Å². The number of aromatic amines is 1. The van der Waals surface area contributed by atoms with Crippen LogP contribution in [0.5, 0.6) is 5.75 Å². The number of amides is 1. The minimum Gasteiger partial charge on any atom is -0.497 e. The number of hydrogen-bond donors (Lipinski definition) is 2. The lowest BCUT2D eigenvalue weighted by Gasteiger charge is -2.28.